The molecular formula is C19H17ClN3O4S-. The highest BCUT2D eigenvalue weighted by Crippen LogP contribution is 2.33. The minimum Gasteiger partial charge on any atom is -0.744 e. The molecule has 1 amide bonds. The number of rotatable bonds is 4. The third-order valence-electron chi connectivity index (χ3n) is 4.22. The van der Waals surface area contributed by atoms with E-state index in [1.165, 1.54) is 6.07 Å². The first-order valence-electron chi connectivity index (χ1n) is 8.22. The molecule has 0 fully saturated rings. The van der Waals surface area contributed by atoms with Gasteiger partial charge in [-0.25, -0.2) is 8.42 Å². The Morgan fingerprint density at radius 1 is 1.14 bits per heavy atom. The summed E-state index contributed by atoms with van der Waals surface area (Å²) in [5, 5.41) is 5.30. The highest BCUT2D eigenvalue weighted by atomic mass is 35.5. The van der Waals surface area contributed by atoms with Crippen molar-refractivity contribution in [3.05, 3.63) is 58.6 Å². The van der Waals surface area contributed by atoms with Gasteiger partial charge in [-0.2, -0.15) is 10.1 Å². The smallest absolute Gasteiger partial charge is 0.280 e. The quantitative estimate of drug-likeness (QED) is 0.561. The zero-order valence-electron chi connectivity index (χ0n) is 15.4. The number of amides is 1. The Kier molecular flexibility index (Phi) is 5.29. The molecule has 0 aliphatic carbocycles. The molecule has 2 aromatic carbocycles. The van der Waals surface area contributed by atoms with Gasteiger partial charge < -0.3 is 9.45 Å². The average molecular weight is 419 g/mol. The van der Waals surface area contributed by atoms with E-state index in [9.17, 15) is 17.8 Å². The van der Waals surface area contributed by atoms with Crippen molar-refractivity contribution in [3.63, 3.8) is 0 Å². The van der Waals surface area contributed by atoms with Crippen molar-refractivity contribution in [1.82, 2.24) is 0 Å². The van der Waals surface area contributed by atoms with Crippen molar-refractivity contribution in [3.8, 4) is 0 Å². The summed E-state index contributed by atoms with van der Waals surface area (Å²) in [5.41, 5.74) is 2.67. The molecule has 2 aromatic rings. The van der Waals surface area contributed by atoms with Crippen LogP contribution < -0.4 is 9.91 Å². The Morgan fingerprint density at radius 2 is 1.79 bits per heavy atom. The molecular weight excluding hydrogens is 402 g/mol. The van der Waals surface area contributed by atoms with E-state index < -0.39 is 20.9 Å². The standard InChI is InChI=1S/C19H18ClN3O4S/c1-12-16(10-13-4-6-14(7-5-13)22(2)3)19(24)23(21-12)18-11-15(28(25,26)27)8-9-17(18)20/h4-11H,1-3H3,(H,25,26,27)/p-1. The molecule has 7 nitrogen and oxygen atoms in total. The highest BCUT2D eigenvalue weighted by Gasteiger charge is 2.30. The van der Waals surface area contributed by atoms with Crippen molar-refractivity contribution >= 4 is 50.8 Å². The summed E-state index contributed by atoms with van der Waals surface area (Å²) in [5.74, 6) is -0.462. The molecule has 9 heteroatoms. The third kappa shape index (κ3) is 3.94. The second kappa shape index (κ2) is 7.38. The lowest BCUT2D eigenvalue weighted by Gasteiger charge is -2.16. The Bertz CT molecular complexity index is 1110. The number of hydrazone groups is 1. The second-order valence-electron chi connectivity index (χ2n) is 6.41. The average Bonchev–Trinajstić information content (AvgIpc) is 2.89. The number of anilines is 2. The minimum atomic E-state index is -4.69. The molecule has 1 aliphatic heterocycles. The maximum absolute atomic E-state index is 12.9. The van der Waals surface area contributed by atoms with Crippen LogP contribution in [0.2, 0.25) is 5.02 Å². The first kappa shape index (κ1) is 20.1. The number of carbonyl (C=O) groups is 1. The SMILES string of the molecule is CC1=NN(c2cc(S(=O)(=O)[O-])ccc2Cl)C(=O)C1=Cc1ccc(N(C)C)cc1. The first-order valence-corrected chi connectivity index (χ1v) is 10.0. The molecule has 0 spiro atoms. The van der Waals surface area contributed by atoms with E-state index in [1.54, 1.807) is 13.0 Å². The van der Waals surface area contributed by atoms with Gasteiger partial charge in [0.25, 0.3) is 5.91 Å². The van der Waals surface area contributed by atoms with Crippen LogP contribution >= 0.6 is 11.6 Å². The summed E-state index contributed by atoms with van der Waals surface area (Å²) in [7, 11) is -0.823. The first-order chi connectivity index (χ1) is 13.1. The summed E-state index contributed by atoms with van der Waals surface area (Å²) in [6.45, 7) is 1.67. The van der Waals surface area contributed by atoms with E-state index in [2.05, 4.69) is 5.10 Å². The fourth-order valence-electron chi connectivity index (χ4n) is 2.69. The summed E-state index contributed by atoms with van der Waals surface area (Å²) in [6.07, 6.45) is 1.70. The fraction of sp³-hybridized carbons (Fsp3) is 0.158. The minimum absolute atomic E-state index is 0.0364. The zero-order chi connectivity index (χ0) is 20.6. The van der Waals surface area contributed by atoms with Gasteiger partial charge in [0.05, 0.1) is 26.9 Å². The maximum atomic E-state index is 12.9. The van der Waals surface area contributed by atoms with Crippen molar-refractivity contribution in [2.45, 2.75) is 11.8 Å². The maximum Gasteiger partial charge on any atom is 0.280 e. The van der Waals surface area contributed by atoms with E-state index in [1.807, 2.05) is 43.3 Å². The Balaban J connectivity index is 1.97. The normalized spacial score (nSPS) is 15.9. The van der Waals surface area contributed by atoms with Gasteiger partial charge in [-0.05, 0) is 48.9 Å². The van der Waals surface area contributed by atoms with Crippen molar-refractivity contribution in [1.29, 1.82) is 0 Å². The highest BCUT2D eigenvalue weighted by molar-refractivity contribution is 7.85. The molecule has 146 valence electrons. The van der Waals surface area contributed by atoms with Crippen LogP contribution in [-0.4, -0.2) is 38.7 Å². The molecule has 0 radical (unpaired) electrons. The topological polar surface area (TPSA) is 93.1 Å². The van der Waals surface area contributed by atoms with Crippen molar-refractivity contribution in [2.75, 3.05) is 24.0 Å². The predicted molar refractivity (Wildman–Crippen MR) is 109 cm³/mol. The van der Waals surface area contributed by atoms with Gasteiger partial charge in [0, 0.05) is 19.8 Å². The van der Waals surface area contributed by atoms with Crippen LogP contribution in [0.15, 0.2) is 58.0 Å². The number of halogens is 1. The van der Waals surface area contributed by atoms with E-state index in [0.29, 0.717) is 11.3 Å². The van der Waals surface area contributed by atoms with E-state index >= 15 is 0 Å². The molecule has 0 saturated carbocycles. The molecule has 0 N–H and O–H groups in total. The monoisotopic (exact) mass is 418 g/mol. The van der Waals surface area contributed by atoms with Crippen LogP contribution in [0, 0.1) is 0 Å². The van der Waals surface area contributed by atoms with Crippen LogP contribution in [0.4, 0.5) is 11.4 Å². The number of carbonyl (C=O) groups excluding carboxylic acids is 1. The van der Waals surface area contributed by atoms with Gasteiger partial charge in [-0.15, -0.1) is 0 Å². The molecule has 0 saturated heterocycles. The fourth-order valence-corrected chi connectivity index (χ4v) is 3.38. The molecule has 0 unspecified atom stereocenters. The molecule has 0 bridgehead atoms. The van der Waals surface area contributed by atoms with Gasteiger partial charge in [0.15, 0.2) is 0 Å². The van der Waals surface area contributed by atoms with Crippen LogP contribution in [0.1, 0.15) is 12.5 Å². The van der Waals surface area contributed by atoms with E-state index in [4.69, 9.17) is 11.6 Å². The van der Waals surface area contributed by atoms with Crippen molar-refractivity contribution in [2.24, 2.45) is 5.10 Å². The number of hydrogen-bond donors (Lipinski definition) is 0. The molecule has 1 heterocycles. The third-order valence-corrected chi connectivity index (χ3v) is 5.37. The summed E-state index contributed by atoms with van der Waals surface area (Å²) >= 11 is 6.11. The van der Waals surface area contributed by atoms with Gasteiger partial charge in [0.1, 0.15) is 10.1 Å². The predicted octanol–water partition coefficient (Wildman–Crippen LogP) is 3.12. The van der Waals surface area contributed by atoms with Crippen LogP contribution in [-0.2, 0) is 14.9 Å². The Labute approximate surface area is 168 Å². The zero-order valence-corrected chi connectivity index (χ0v) is 17.0. The van der Waals surface area contributed by atoms with Gasteiger partial charge in [0.2, 0.25) is 0 Å². The molecule has 28 heavy (non-hydrogen) atoms. The number of benzene rings is 2. The number of nitrogens with zero attached hydrogens (tertiary/aromatic N) is 3. The lowest BCUT2D eigenvalue weighted by Crippen LogP contribution is -2.22. The summed E-state index contributed by atoms with van der Waals surface area (Å²) < 4.78 is 33.9. The lowest BCUT2D eigenvalue weighted by atomic mass is 10.1. The van der Waals surface area contributed by atoms with Crippen LogP contribution in [0.5, 0.6) is 0 Å². The van der Waals surface area contributed by atoms with Gasteiger partial charge >= 0.3 is 0 Å². The van der Waals surface area contributed by atoms with Crippen molar-refractivity contribution < 1.29 is 17.8 Å². The van der Waals surface area contributed by atoms with E-state index in [0.717, 1.165) is 28.4 Å². The molecule has 0 atom stereocenters. The molecule has 1 aliphatic rings. The van der Waals surface area contributed by atoms with Crippen LogP contribution in [0.25, 0.3) is 6.08 Å². The molecule has 3 rings (SSSR count). The number of hydrogen-bond acceptors (Lipinski definition) is 6. The lowest BCUT2D eigenvalue weighted by molar-refractivity contribution is -0.114. The van der Waals surface area contributed by atoms with Gasteiger partial charge in [-0.1, -0.05) is 23.7 Å². The molecule has 0 aromatic heterocycles. The largest absolute Gasteiger partial charge is 0.744 e. The van der Waals surface area contributed by atoms with Gasteiger partial charge in [-0.3, -0.25) is 4.79 Å². The van der Waals surface area contributed by atoms with E-state index in [-0.39, 0.29) is 10.7 Å². The summed E-state index contributed by atoms with van der Waals surface area (Å²) in [6, 6.07) is 11.0. The Hall–Kier alpha value is -2.68. The Morgan fingerprint density at radius 3 is 2.36 bits per heavy atom. The van der Waals surface area contributed by atoms with Crippen LogP contribution in [0.3, 0.4) is 0 Å². The summed E-state index contributed by atoms with van der Waals surface area (Å²) in [4.78, 5) is 14.3. The second-order valence-corrected chi connectivity index (χ2v) is 8.20.